The van der Waals surface area contributed by atoms with Gasteiger partial charge in [-0.3, -0.25) is 0 Å². The van der Waals surface area contributed by atoms with E-state index in [1.165, 1.54) is 32.1 Å². The molecule has 0 bridgehead atoms. The van der Waals surface area contributed by atoms with Crippen LogP contribution in [0.5, 0.6) is 0 Å². The molecular formula is C14H26. The Kier molecular flexibility index (Phi) is 7.55. The number of rotatable bonds is 7. The van der Waals surface area contributed by atoms with Gasteiger partial charge in [0.1, 0.15) is 0 Å². The Morgan fingerprint density at radius 3 is 2.29 bits per heavy atom. The van der Waals surface area contributed by atoms with Crippen molar-refractivity contribution in [3.63, 3.8) is 0 Å². The Labute approximate surface area is 90.1 Å². The summed E-state index contributed by atoms with van der Waals surface area (Å²) in [6, 6.07) is 0. The summed E-state index contributed by atoms with van der Waals surface area (Å²) in [5.74, 6) is 0. The van der Waals surface area contributed by atoms with E-state index in [4.69, 9.17) is 0 Å². The minimum absolute atomic E-state index is 0.462. The van der Waals surface area contributed by atoms with Crippen molar-refractivity contribution in [1.82, 2.24) is 0 Å². The Morgan fingerprint density at radius 1 is 1.00 bits per heavy atom. The molecule has 0 saturated heterocycles. The van der Waals surface area contributed by atoms with Gasteiger partial charge < -0.3 is 0 Å². The summed E-state index contributed by atoms with van der Waals surface area (Å²) in [5, 5.41) is 0. The zero-order chi connectivity index (χ0) is 10.9. The molecule has 0 unspecified atom stereocenters. The van der Waals surface area contributed by atoms with Crippen LogP contribution >= 0.6 is 0 Å². The van der Waals surface area contributed by atoms with Crippen molar-refractivity contribution in [2.75, 3.05) is 0 Å². The quantitative estimate of drug-likeness (QED) is 0.494. The van der Waals surface area contributed by atoms with E-state index in [1.807, 2.05) is 0 Å². The van der Waals surface area contributed by atoms with Crippen molar-refractivity contribution in [2.45, 2.75) is 59.8 Å². The van der Waals surface area contributed by atoms with E-state index in [2.05, 4.69) is 52.0 Å². The molecular weight excluding hydrogens is 168 g/mol. The molecule has 14 heavy (non-hydrogen) atoms. The highest BCUT2D eigenvalue weighted by Gasteiger charge is 2.14. The van der Waals surface area contributed by atoms with Gasteiger partial charge in [0.25, 0.3) is 0 Å². The fraction of sp³-hybridized carbons (Fsp3) is 0.714. The average Bonchev–Trinajstić information content (AvgIpc) is 2.13. The maximum Gasteiger partial charge on any atom is -0.0299 e. The molecule has 0 aromatic rings. The van der Waals surface area contributed by atoms with Gasteiger partial charge in [-0.25, -0.2) is 0 Å². The maximum absolute atomic E-state index is 2.35. The minimum Gasteiger partial charge on any atom is -0.0917 e. The number of unbranched alkanes of at least 4 members (excludes halogenated alkanes) is 1. The van der Waals surface area contributed by atoms with Crippen LogP contribution in [0.1, 0.15) is 59.8 Å². The van der Waals surface area contributed by atoms with Gasteiger partial charge >= 0.3 is 0 Å². The van der Waals surface area contributed by atoms with Crippen LogP contribution in [0.25, 0.3) is 0 Å². The largest absolute Gasteiger partial charge is 0.0917 e. The Balaban J connectivity index is 3.70. The second kappa shape index (κ2) is 7.84. The zero-order valence-corrected chi connectivity index (χ0v) is 10.3. The molecule has 0 aliphatic carbocycles. The Morgan fingerprint density at radius 2 is 1.71 bits per heavy atom. The average molecular weight is 194 g/mol. The first-order valence-electron chi connectivity index (χ1n) is 5.88. The lowest BCUT2D eigenvalue weighted by molar-refractivity contribution is 0.342. The first-order chi connectivity index (χ1) is 6.62. The van der Waals surface area contributed by atoms with Crippen molar-refractivity contribution in [2.24, 2.45) is 5.41 Å². The molecule has 0 heteroatoms. The van der Waals surface area contributed by atoms with Gasteiger partial charge in [-0.15, -0.1) is 0 Å². The van der Waals surface area contributed by atoms with Gasteiger partial charge in [0.15, 0.2) is 0 Å². The minimum atomic E-state index is 0.462. The van der Waals surface area contributed by atoms with E-state index >= 15 is 0 Å². The normalized spacial score (nSPS) is 13.1. The summed E-state index contributed by atoms with van der Waals surface area (Å²) in [6.45, 7) is 9.02. The van der Waals surface area contributed by atoms with E-state index in [-0.39, 0.29) is 0 Å². The Hall–Kier alpha value is -0.520. The van der Waals surface area contributed by atoms with Crippen LogP contribution in [0.3, 0.4) is 0 Å². The third-order valence-corrected chi connectivity index (χ3v) is 2.52. The van der Waals surface area contributed by atoms with Gasteiger partial charge in [0.2, 0.25) is 0 Å². The highest BCUT2D eigenvalue weighted by Crippen LogP contribution is 2.27. The standard InChI is InChI=1S/C14H26/c1-5-7-9-11-13-14(3,4)12-10-8-6-2/h6,8-9,11H,5,7,10,12-13H2,1-4H3. The Bertz CT molecular complexity index is 172. The number of hydrogen-bond acceptors (Lipinski definition) is 0. The van der Waals surface area contributed by atoms with Crippen molar-refractivity contribution in [1.29, 1.82) is 0 Å². The molecule has 0 radical (unpaired) electrons. The molecule has 0 fully saturated rings. The summed E-state index contributed by atoms with van der Waals surface area (Å²) in [4.78, 5) is 0. The van der Waals surface area contributed by atoms with Crippen molar-refractivity contribution < 1.29 is 0 Å². The van der Waals surface area contributed by atoms with Gasteiger partial charge in [0, 0.05) is 0 Å². The van der Waals surface area contributed by atoms with E-state index in [1.54, 1.807) is 0 Å². The smallest absolute Gasteiger partial charge is 0.0299 e. The van der Waals surface area contributed by atoms with Crippen LogP contribution < -0.4 is 0 Å². The predicted octanol–water partition coefficient (Wildman–Crippen LogP) is 5.12. The van der Waals surface area contributed by atoms with Gasteiger partial charge in [-0.05, 0) is 38.0 Å². The number of allylic oxidation sites excluding steroid dienone is 4. The molecule has 0 aromatic heterocycles. The summed E-state index contributed by atoms with van der Waals surface area (Å²) in [6.07, 6.45) is 15.3. The van der Waals surface area contributed by atoms with Gasteiger partial charge in [0.05, 0.1) is 0 Å². The summed E-state index contributed by atoms with van der Waals surface area (Å²) in [7, 11) is 0. The molecule has 0 aromatic carbocycles. The van der Waals surface area contributed by atoms with Crippen LogP contribution in [0.15, 0.2) is 24.3 Å². The molecule has 0 aliphatic rings. The SMILES string of the molecule is CC=CCCC(C)(C)CC=CCCC. The van der Waals surface area contributed by atoms with Gasteiger partial charge in [-0.2, -0.15) is 0 Å². The first kappa shape index (κ1) is 13.5. The predicted molar refractivity (Wildman–Crippen MR) is 66.5 cm³/mol. The molecule has 0 rings (SSSR count). The van der Waals surface area contributed by atoms with E-state index in [0.717, 1.165) is 0 Å². The summed E-state index contributed by atoms with van der Waals surface area (Å²) < 4.78 is 0. The monoisotopic (exact) mass is 194 g/mol. The second-order valence-corrected chi connectivity index (χ2v) is 4.74. The molecule has 82 valence electrons. The van der Waals surface area contributed by atoms with E-state index in [9.17, 15) is 0 Å². The molecule has 0 amide bonds. The molecule has 0 heterocycles. The summed E-state index contributed by atoms with van der Waals surface area (Å²) >= 11 is 0. The zero-order valence-electron chi connectivity index (χ0n) is 10.3. The van der Waals surface area contributed by atoms with Crippen molar-refractivity contribution in [3.8, 4) is 0 Å². The van der Waals surface area contributed by atoms with Gasteiger partial charge in [-0.1, -0.05) is 51.5 Å². The van der Waals surface area contributed by atoms with Crippen LogP contribution in [-0.4, -0.2) is 0 Å². The second-order valence-electron chi connectivity index (χ2n) is 4.74. The topological polar surface area (TPSA) is 0 Å². The molecule has 0 nitrogen and oxygen atoms in total. The van der Waals surface area contributed by atoms with E-state index in [0.29, 0.717) is 5.41 Å². The molecule has 0 atom stereocenters. The van der Waals surface area contributed by atoms with Crippen LogP contribution in [0.4, 0.5) is 0 Å². The molecule has 0 N–H and O–H groups in total. The number of hydrogen-bond donors (Lipinski definition) is 0. The van der Waals surface area contributed by atoms with Crippen LogP contribution in [-0.2, 0) is 0 Å². The highest BCUT2D eigenvalue weighted by molar-refractivity contribution is 4.89. The third-order valence-electron chi connectivity index (χ3n) is 2.52. The highest BCUT2D eigenvalue weighted by atomic mass is 14.2. The third kappa shape index (κ3) is 8.10. The lowest BCUT2D eigenvalue weighted by Crippen LogP contribution is -2.08. The van der Waals surface area contributed by atoms with E-state index < -0.39 is 0 Å². The lowest BCUT2D eigenvalue weighted by Gasteiger charge is -2.21. The van der Waals surface area contributed by atoms with Crippen molar-refractivity contribution in [3.05, 3.63) is 24.3 Å². The van der Waals surface area contributed by atoms with Crippen molar-refractivity contribution >= 4 is 0 Å². The van der Waals surface area contributed by atoms with Crippen LogP contribution in [0, 0.1) is 5.41 Å². The summed E-state index contributed by atoms with van der Waals surface area (Å²) in [5.41, 5.74) is 0.462. The molecule has 0 saturated carbocycles. The fourth-order valence-electron chi connectivity index (χ4n) is 1.43. The molecule has 0 aliphatic heterocycles. The molecule has 0 spiro atoms. The maximum atomic E-state index is 2.35. The fourth-order valence-corrected chi connectivity index (χ4v) is 1.43. The first-order valence-corrected chi connectivity index (χ1v) is 5.88. The lowest BCUT2D eigenvalue weighted by atomic mass is 9.84. The van der Waals surface area contributed by atoms with Crippen LogP contribution in [0.2, 0.25) is 0 Å².